The van der Waals surface area contributed by atoms with E-state index in [1.165, 1.54) is 11.3 Å². The SMILES string of the molecule is O=C(c1sccc1Cl)N1C[C@@H]2COCC[C@]2(CO)C1. The van der Waals surface area contributed by atoms with E-state index in [1.807, 2.05) is 10.3 Å². The fourth-order valence-corrected chi connectivity index (χ4v) is 4.15. The lowest BCUT2D eigenvalue weighted by Crippen LogP contribution is -2.41. The summed E-state index contributed by atoms with van der Waals surface area (Å²) >= 11 is 7.39. The average molecular weight is 302 g/mol. The summed E-state index contributed by atoms with van der Waals surface area (Å²) in [6, 6.07) is 1.74. The summed E-state index contributed by atoms with van der Waals surface area (Å²) in [4.78, 5) is 14.9. The first-order chi connectivity index (χ1) is 9.16. The molecule has 6 heteroatoms. The van der Waals surface area contributed by atoms with E-state index in [0.29, 0.717) is 36.2 Å². The summed E-state index contributed by atoms with van der Waals surface area (Å²) in [6.07, 6.45) is 0.816. The van der Waals surface area contributed by atoms with Crippen molar-refractivity contribution in [3.05, 3.63) is 21.3 Å². The number of nitrogens with zero attached hydrogens (tertiary/aromatic N) is 1. The Labute approximate surface area is 120 Å². The number of hydrogen-bond acceptors (Lipinski definition) is 4. The van der Waals surface area contributed by atoms with Gasteiger partial charge in [-0.1, -0.05) is 11.6 Å². The predicted octanol–water partition coefficient (Wildman–Crippen LogP) is 1.87. The molecule has 19 heavy (non-hydrogen) atoms. The largest absolute Gasteiger partial charge is 0.396 e. The minimum absolute atomic E-state index is 0.0257. The first kappa shape index (κ1) is 13.4. The number of aliphatic hydroxyl groups excluding tert-OH is 1. The summed E-state index contributed by atoms with van der Waals surface area (Å²) in [6.45, 7) is 2.66. The molecule has 0 unspecified atom stereocenters. The summed E-state index contributed by atoms with van der Waals surface area (Å²) in [5.74, 6) is 0.205. The number of amides is 1. The Kier molecular flexibility index (Phi) is 3.55. The highest BCUT2D eigenvalue weighted by atomic mass is 35.5. The van der Waals surface area contributed by atoms with Gasteiger partial charge in [-0.05, 0) is 17.9 Å². The summed E-state index contributed by atoms with van der Waals surface area (Å²) < 4.78 is 5.48. The molecule has 0 bridgehead atoms. The van der Waals surface area contributed by atoms with Crippen molar-refractivity contribution in [2.24, 2.45) is 11.3 Å². The fraction of sp³-hybridized carbons (Fsp3) is 0.615. The van der Waals surface area contributed by atoms with Crippen LogP contribution in [0, 0.1) is 11.3 Å². The highest BCUT2D eigenvalue weighted by Crippen LogP contribution is 2.42. The van der Waals surface area contributed by atoms with E-state index in [-0.39, 0.29) is 23.8 Å². The molecule has 1 aromatic rings. The van der Waals surface area contributed by atoms with Crippen molar-refractivity contribution in [2.75, 3.05) is 32.9 Å². The lowest BCUT2D eigenvalue weighted by molar-refractivity contribution is -0.0415. The van der Waals surface area contributed by atoms with Gasteiger partial charge in [0.1, 0.15) is 4.88 Å². The fourth-order valence-electron chi connectivity index (χ4n) is 3.05. The van der Waals surface area contributed by atoms with Crippen LogP contribution in [-0.4, -0.2) is 48.8 Å². The number of aliphatic hydroxyl groups is 1. The van der Waals surface area contributed by atoms with E-state index >= 15 is 0 Å². The van der Waals surface area contributed by atoms with Crippen LogP contribution < -0.4 is 0 Å². The van der Waals surface area contributed by atoms with Gasteiger partial charge in [0.2, 0.25) is 0 Å². The van der Waals surface area contributed by atoms with Crippen LogP contribution in [0.2, 0.25) is 5.02 Å². The maximum absolute atomic E-state index is 12.5. The van der Waals surface area contributed by atoms with Crippen molar-refractivity contribution in [1.82, 2.24) is 4.90 Å². The third kappa shape index (κ3) is 2.18. The summed E-state index contributed by atoms with van der Waals surface area (Å²) in [5, 5.41) is 12.1. The Morgan fingerprint density at radius 3 is 3.16 bits per heavy atom. The van der Waals surface area contributed by atoms with Crippen LogP contribution >= 0.6 is 22.9 Å². The molecule has 2 aliphatic rings. The van der Waals surface area contributed by atoms with Crippen molar-refractivity contribution in [1.29, 1.82) is 0 Å². The first-order valence-corrected chi connectivity index (χ1v) is 7.63. The number of rotatable bonds is 2. The molecular weight excluding hydrogens is 286 g/mol. The van der Waals surface area contributed by atoms with Gasteiger partial charge in [-0.2, -0.15) is 0 Å². The van der Waals surface area contributed by atoms with Crippen LogP contribution in [0.3, 0.4) is 0 Å². The lowest BCUT2D eigenvalue weighted by atomic mass is 9.75. The van der Waals surface area contributed by atoms with Gasteiger partial charge in [-0.15, -0.1) is 11.3 Å². The molecule has 2 fully saturated rings. The van der Waals surface area contributed by atoms with Gasteiger partial charge >= 0.3 is 0 Å². The van der Waals surface area contributed by atoms with Gasteiger partial charge in [-0.3, -0.25) is 4.79 Å². The third-order valence-corrected chi connectivity index (χ3v) is 5.62. The van der Waals surface area contributed by atoms with Crippen LogP contribution in [0.15, 0.2) is 11.4 Å². The molecule has 1 amide bonds. The molecule has 2 atom stereocenters. The molecule has 0 spiro atoms. The molecule has 0 aromatic carbocycles. The second kappa shape index (κ2) is 5.05. The number of carbonyl (C=O) groups is 1. The standard InChI is InChI=1S/C13H16ClNO3S/c14-10-1-4-19-11(10)12(17)15-5-9-6-18-3-2-13(9,7-15)8-16/h1,4,9,16H,2-3,5-8H2/t9-,13-/m1/s1. The molecule has 0 radical (unpaired) electrons. The zero-order chi connectivity index (χ0) is 13.5. The smallest absolute Gasteiger partial charge is 0.265 e. The number of halogens is 1. The van der Waals surface area contributed by atoms with E-state index in [4.69, 9.17) is 16.3 Å². The molecule has 4 nitrogen and oxygen atoms in total. The summed E-state index contributed by atoms with van der Waals surface area (Å²) in [7, 11) is 0. The third-order valence-electron chi connectivity index (χ3n) is 4.29. The Morgan fingerprint density at radius 2 is 2.53 bits per heavy atom. The van der Waals surface area contributed by atoms with Gasteiger partial charge in [0, 0.05) is 31.0 Å². The average Bonchev–Trinajstić information content (AvgIpc) is 3.01. The molecule has 104 valence electrons. The molecule has 1 aromatic heterocycles. The molecule has 3 heterocycles. The maximum Gasteiger partial charge on any atom is 0.265 e. The normalized spacial score (nSPS) is 30.4. The quantitative estimate of drug-likeness (QED) is 0.907. The number of hydrogen-bond donors (Lipinski definition) is 1. The minimum Gasteiger partial charge on any atom is -0.396 e. The van der Waals surface area contributed by atoms with Crippen molar-refractivity contribution in [3.63, 3.8) is 0 Å². The van der Waals surface area contributed by atoms with Crippen molar-refractivity contribution >= 4 is 28.8 Å². The Hall–Kier alpha value is -0.620. The molecule has 3 rings (SSSR count). The zero-order valence-corrected chi connectivity index (χ0v) is 12.0. The second-order valence-electron chi connectivity index (χ2n) is 5.33. The van der Waals surface area contributed by atoms with E-state index in [0.717, 1.165) is 6.42 Å². The van der Waals surface area contributed by atoms with Crippen LogP contribution in [0.5, 0.6) is 0 Å². The highest BCUT2D eigenvalue weighted by molar-refractivity contribution is 7.12. The van der Waals surface area contributed by atoms with Crippen LogP contribution in [-0.2, 0) is 4.74 Å². The molecule has 0 saturated carbocycles. The van der Waals surface area contributed by atoms with Crippen molar-refractivity contribution < 1.29 is 14.6 Å². The van der Waals surface area contributed by atoms with Crippen LogP contribution in [0.4, 0.5) is 0 Å². The summed E-state index contributed by atoms with van der Waals surface area (Å²) in [5.41, 5.74) is -0.183. The van der Waals surface area contributed by atoms with E-state index in [9.17, 15) is 9.90 Å². The maximum atomic E-state index is 12.5. The molecule has 2 aliphatic heterocycles. The molecule has 0 aliphatic carbocycles. The number of ether oxygens (including phenoxy) is 1. The van der Waals surface area contributed by atoms with E-state index in [1.54, 1.807) is 6.07 Å². The Balaban J connectivity index is 1.81. The number of carbonyl (C=O) groups excluding carboxylic acids is 1. The van der Waals surface area contributed by atoms with Gasteiger partial charge < -0.3 is 14.7 Å². The van der Waals surface area contributed by atoms with E-state index in [2.05, 4.69) is 0 Å². The molecule has 1 N–H and O–H groups in total. The number of fused-ring (bicyclic) bond motifs is 1. The van der Waals surface area contributed by atoms with Gasteiger partial charge in [0.25, 0.3) is 5.91 Å². The Bertz CT molecular complexity index is 492. The van der Waals surface area contributed by atoms with Crippen LogP contribution in [0.25, 0.3) is 0 Å². The number of likely N-dealkylation sites (tertiary alicyclic amines) is 1. The number of thiophene rings is 1. The molecular formula is C13H16ClNO3S. The zero-order valence-electron chi connectivity index (χ0n) is 10.5. The van der Waals surface area contributed by atoms with E-state index < -0.39 is 0 Å². The van der Waals surface area contributed by atoms with Gasteiger partial charge in [0.05, 0.1) is 18.2 Å². The monoisotopic (exact) mass is 301 g/mol. The first-order valence-electron chi connectivity index (χ1n) is 6.37. The van der Waals surface area contributed by atoms with Gasteiger partial charge in [0.15, 0.2) is 0 Å². The highest BCUT2D eigenvalue weighted by Gasteiger charge is 2.49. The minimum atomic E-state index is -0.183. The molecule has 2 saturated heterocycles. The van der Waals surface area contributed by atoms with Crippen LogP contribution in [0.1, 0.15) is 16.1 Å². The van der Waals surface area contributed by atoms with Crippen molar-refractivity contribution in [3.8, 4) is 0 Å². The lowest BCUT2D eigenvalue weighted by Gasteiger charge is -2.36. The predicted molar refractivity (Wildman–Crippen MR) is 73.7 cm³/mol. The van der Waals surface area contributed by atoms with Crippen molar-refractivity contribution in [2.45, 2.75) is 6.42 Å². The van der Waals surface area contributed by atoms with Gasteiger partial charge in [-0.25, -0.2) is 0 Å². The second-order valence-corrected chi connectivity index (χ2v) is 6.65. The Morgan fingerprint density at radius 1 is 1.68 bits per heavy atom. The topological polar surface area (TPSA) is 49.8 Å².